The van der Waals surface area contributed by atoms with E-state index in [-0.39, 0.29) is 0 Å². The topological polar surface area (TPSA) is 15.3 Å². The minimum absolute atomic E-state index is 0.620. The molecule has 1 fully saturated rings. The largest absolute Gasteiger partial charge is 0.309 e. The minimum Gasteiger partial charge on any atom is -0.309 e. The Bertz CT molecular complexity index is 548. The van der Waals surface area contributed by atoms with E-state index in [9.17, 15) is 0 Å². The van der Waals surface area contributed by atoms with Gasteiger partial charge in [-0.2, -0.15) is 0 Å². The quantitative estimate of drug-likeness (QED) is 0.903. The van der Waals surface area contributed by atoms with Crippen LogP contribution in [0.2, 0.25) is 0 Å². The molecule has 0 aromatic heterocycles. The van der Waals surface area contributed by atoms with Crippen LogP contribution in [0.4, 0.5) is 0 Å². The van der Waals surface area contributed by atoms with Crippen LogP contribution in [0.15, 0.2) is 54.6 Å². The van der Waals surface area contributed by atoms with Gasteiger partial charge in [-0.15, -0.1) is 0 Å². The summed E-state index contributed by atoms with van der Waals surface area (Å²) in [5.74, 6) is 0. The summed E-state index contributed by atoms with van der Waals surface area (Å²) in [5.41, 5.74) is 4.12. The Morgan fingerprint density at radius 3 is 2.52 bits per heavy atom. The SMILES string of the molecule is Cc1ccc(CN[C@@H]2CCN(Cc3ccccc3)C2)cc1. The summed E-state index contributed by atoms with van der Waals surface area (Å²) in [7, 11) is 0. The first kappa shape index (κ1) is 14.3. The van der Waals surface area contributed by atoms with Crippen LogP contribution >= 0.6 is 0 Å². The lowest BCUT2D eigenvalue weighted by Gasteiger charge is -2.17. The zero-order chi connectivity index (χ0) is 14.5. The third-order valence-corrected chi connectivity index (χ3v) is 4.24. The molecule has 21 heavy (non-hydrogen) atoms. The first-order valence-corrected chi connectivity index (χ1v) is 7.85. The summed E-state index contributed by atoms with van der Waals surface area (Å²) in [6.07, 6.45) is 1.25. The van der Waals surface area contributed by atoms with Gasteiger partial charge in [-0.3, -0.25) is 4.90 Å². The van der Waals surface area contributed by atoms with Gasteiger partial charge in [-0.1, -0.05) is 60.2 Å². The third kappa shape index (κ3) is 4.16. The van der Waals surface area contributed by atoms with E-state index in [0.29, 0.717) is 6.04 Å². The lowest BCUT2D eigenvalue weighted by atomic mass is 10.1. The van der Waals surface area contributed by atoms with Crippen molar-refractivity contribution in [3.05, 3.63) is 71.3 Å². The molecule has 1 aliphatic rings. The summed E-state index contributed by atoms with van der Waals surface area (Å²) in [4.78, 5) is 2.54. The van der Waals surface area contributed by atoms with Crippen molar-refractivity contribution in [3.8, 4) is 0 Å². The molecule has 2 nitrogen and oxygen atoms in total. The molecule has 1 saturated heterocycles. The van der Waals surface area contributed by atoms with Crippen molar-refractivity contribution in [3.63, 3.8) is 0 Å². The maximum Gasteiger partial charge on any atom is 0.0234 e. The van der Waals surface area contributed by atoms with E-state index in [2.05, 4.69) is 71.7 Å². The van der Waals surface area contributed by atoms with Crippen molar-refractivity contribution in [2.24, 2.45) is 0 Å². The van der Waals surface area contributed by atoms with E-state index < -0.39 is 0 Å². The van der Waals surface area contributed by atoms with E-state index in [1.54, 1.807) is 0 Å². The number of nitrogens with zero attached hydrogens (tertiary/aromatic N) is 1. The predicted molar refractivity (Wildman–Crippen MR) is 88.1 cm³/mol. The van der Waals surface area contributed by atoms with Gasteiger partial charge in [0.2, 0.25) is 0 Å². The van der Waals surface area contributed by atoms with Crippen LogP contribution < -0.4 is 5.32 Å². The van der Waals surface area contributed by atoms with Gasteiger partial charge in [-0.25, -0.2) is 0 Å². The van der Waals surface area contributed by atoms with E-state index >= 15 is 0 Å². The first-order valence-electron chi connectivity index (χ1n) is 7.85. The monoisotopic (exact) mass is 280 g/mol. The molecular weight excluding hydrogens is 256 g/mol. The maximum atomic E-state index is 3.69. The Hall–Kier alpha value is -1.64. The molecule has 0 radical (unpaired) electrons. The highest BCUT2D eigenvalue weighted by molar-refractivity contribution is 5.21. The summed E-state index contributed by atoms with van der Waals surface area (Å²) < 4.78 is 0. The Labute approximate surface area is 127 Å². The third-order valence-electron chi connectivity index (χ3n) is 4.24. The van der Waals surface area contributed by atoms with Gasteiger partial charge in [0.1, 0.15) is 0 Å². The molecule has 2 aromatic carbocycles. The second-order valence-electron chi connectivity index (χ2n) is 6.07. The number of aryl methyl sites for hydroxylation is 1. The van der Waals surface area contributed by atoms with Crippen LogP contribution in [0.3, 0.4) is 0 Å². The molecule has 0 amide bonds. The fourth-order valence-electron chi connectivity index (χ4n) is 2.95. The zero-order valence-corrected chi connectivity index (χ0v) is 12.8. The standard InChI is InChI=1S/C19H24N2/c1-16-7-9-17(10-8-16)13-20-19-11-12-21(15-19)14-18-5-3-2-4-6-18/h2-10,19-20H,11-15H2,1H3/t19-/m1/s1. The lowest BCUT2D eigenvalue weighted by Crippen LogP contribution is -2.31. The van der Waals surface area contributed by atoms with Gasteiger partial charge < -0.3 is 5.32 Å². The number of likely N-dealkylation sites (tertiary alicyclic amines) is 1. The smallest absolute Gasteiger partial charge is 0.0234 e. The van der Waals surface area contributed by atoms with Crippen molar-refractivity contribution < 1.29 is 0 Å². The summed E-state index contributed by atoms with van der Waals surface area (Å²) in [6, 6.07) is 20.2. The first-order chi connectivity index (χ1) is 10.3. The average molecular weight is 280 g/mol. The van der Waals surface area contributed by atoms with Gasteiger partial charge in [0.25, 0.3) is 0 Å². The molecule has 110 valence electrons. The highest BCUT2D eigenvalue weighted by atomic mass is 15.2. The molecular formula is C19H24N2. The van der Waals surface area contributed by atoms with Gasteiger partial charge in [0, 0.05) is 32.2 Å². The number of hydrogen-bond acceptors (Lipinski definition) is 2. The molecule has 0 unspecified atom stereocenters. The molecule has 3 rings (SSSR count). The Kier molecular flexibility index (Phi) is 4.69. The van der Waals surface area contributed by atoms with Crippen molar-refractivity contribution in [1.82, 2.24) is 10.2 Å². The minimum atomic E-state index is 0.620. The van der Waals surface area contributed by atoms with E-state index in [4.69, 9.17) is 0 Å². The van der Waals surface area contributed by atoms with Crippen LogP contribution in [0.5, 0.6) is 0 Å². The predicted octanol–water partition coefficient (Wildman–Crippen LogP) is 3.36. The van der Waals surface area contributed by atoms with Crippen LogP contribution in [-0.2, 0) is 13.1 Å². The fourth-order valence-corrected chi connectivity index (χ4v) is 2.95. The summed E-state index contributed by atoms with van der Waals surface area (Å²) in [5, 5.41) is 3.69. The highest BCUT2D eigenvalue weighted by Crippen LogP contribution is 2.14. The highest BCUT2D eigenvalue weighted by Gasteiger charge is 2.21. The second kappa shape index (κ2) is 6.88. The Morgan fingerprint density at radius 2 is 1.76 bits per heavy atom. The van der Waals surface area contributed by atoms with Gasteiger partial charge >= 0.3 is 0 Å². The van der Waals surface area contributed by atoms with Crippen LogP contribution in [0.25, 0.3) is 0 Å². The molecule has 1 N–H and O–H groups in total. The molecule has 0 spiro atoms. The fraction of sp³-hybridized carbons (Fsp3) is 0.368. The van der Waals surface area contributed by atoms with Gasteiger partial charge in [-0.05, 0) is 24.5 Å². The van der Waals surface area contributed by atoms with Gasteiger partial charge in [0.15, 0.2) is 0 Å². The normalized spacial score (nSPS) is 19.0. The summed E-state index contributed by atoms with van der Waals surface area (Å²) >= 11 is 0. The molecule has 1 aliphatic heterocycles. The average Bonchev–Trinajstić information content (AvgIpc) is 2.95. The van der Waals surface area contributed by atoms with Crippen LogP contribution in [-0.4, -0.2) is 24.0 Å². The molecule has 0 aliphatic carbocycles. The Morgan fingerprint density at radius 1 is 1.00 bits per heavy atom. The van der Waals surface area contributed by atoms with E-state index in [0.717, 1.165) is 19.6 Å². The van der Waals surface area contributed by atoms with E-state index in [1.807, 2.05) is 0 Å². The second-order valence-corrected chi connectivity index (χ2v) is 6.07. The van der Waals surface area contributed by atoms with Crippen molar-refractivity contribution >= 4 is 0 Å². The Balaban J connectivity index is 1.45. The van der Waals surface area contributed by atoms with Crippen LogP contribution in [0, 0.1) is 6.92 Å². The molecule has 2 heteroatoms. The lowest BCUT2D eigenvalue weighted by molar-refractivity contribution is 0.320. The number of hydrogen-bond donors (Lipinski definition) is 1. The maximum absolute atomic E-state index is 3.69. The number of benzene rings is 2. The van der Waals surface area contributed by atoms with E-state index in [1.165, 1.54) is 29.7 Å². The number of rotatable bonds is 5. The van der Waals surface area contributed by atoms with Crippen molar-refractivity contribution in [2.75, 3.05) is 13.1 Å². The van der Waals surface area contributed by atoms with Gasteiger partial charge in [0.05, 0.1) is 0 Å². The summed E-state index contributed by atoms with van der Waals surface area (Å²) in [6.45, 7) is 6.53. The van der Waals surface area contributed by atoms with Crippen molar-refractivity contribution in [1.29, 1.82) is 0 Å². The molecule has 0 bridgehead atoms. The molecule has 0 saturated carbocycles. The van der Waals surface area contributed by atoms with Crippen molar-refractivity contribution in [2.45, 2.75) is 32.5 Å². The number of nitrogens with one attached hydrogen (secondary N) is 1. The molecule has 1 atom stereocenters. The van der Waals surface area contributed by atoms with Crippen LogP contribution in [0.1, 0.15) is 23.1 Å². The molecule has 2 aromatic rings. The molecule has 1 heterocycles. The zero-order valence-electron chi connectivity index (χ0n) is 12.8.